The molecule has 5 rings (SSSR count). The van der Waals surface area contributed by atoms with E-state index in [0.29, 0.717) is 48.8 Å². The number of piperidine rings is 1. The Morgan fingerprint density at radius 2 is 1.90 bits per heavy atom. The van der Waals surface area contributed by atoms with E-state index in [1.807, 2.05) is 11.0 Å². The van der Waals surface area contributed by atoms with E-state index < -0.39 is 15.9 Å². The van der Waals surface area contributed by atoms with Gasteiger partial charge in [-0.05, 0) is 50.7 Å². The Balaban J connectivity index is 1.21. The van der Waals surface area contributed by atoms with Crippen LogP contribution in [-0.2, 0) is 14.6 Å². The van der Waals surface area contributed by atoms with E-state index in [1.165, 1.54) is 0 Å². The number of aliphatic hydroxyl groups is 2. The highest BCUT2D eigenvalue weighted by Gasteiger charge is 2.31. The van der Waals surface area contributed by atoms with Crippen LogP contribution in [0.15, 0.2) is 36.7 Å². The Kier molecular flexibility index (Phi) is 8.52. The van der Waals surface area contributed by atoms with Gasteiger partial charge >= 0.3 is 0 Å². The number of ether oxygens (including phenoxy) is 1. The third kappa shape index (κ3) is 6.88. The third-order valence-electron chi connectivity index (χ3n) is 7.54. The number of aromatic nitrogens is 4. The molecule has 3 heterocycles. The minimum absolute atomic E-state index is 0.0277. The van der Waals surface area contributed by atoms with Gasteiger partial charge in [-0.3, -0.25) is 4.79 Å². The first-order valence-electron chi connectivity index (χ1n) is 13.7. The summed E-state index contributed by atoms with van der Waals surface area (Å²) < 4.78 is 30.2. The monoisotopic (exact) mass is 572 g/mol. The number of carbonyl (C=O) groups excluding carboxylic acids is 1. The van der Waals surface area contributed by atoms with Crippen molar-refractivity contribution in [2.24, 2.45) is 5.92 Å². The molecule has 1 saturated heterocycles. The van der Waals surface area contributed by atoms with E-state index in [1.54, 1.807) is 35.3 Å². The lowest BCUT2D eigenvalue weighted by molar-refractivity contribution is -0.138. The number of hydrogen-bond acceptors (Lipinski definition) is 10. The molecule has 2 aromatic heterocycles. The number of likely N-dealkylation sites (tertiary alicyclic amines) is 1. The van der Waals surface area contributed by atoms with Gasteiger partial charge in [0.2, 0.25) is 11.9 Å². The molecule has 1 aliphatic carbocycles. The van der Waals surface area contributed by atoms with Gasteiger partial charge in [0.15, 0.2) is 5.82 Å². The van der Waals surface area contributed by atoms with Crippen LogP contribution in [0.3, 0.4) is 0 Å². The van der Waals surface area contributed by atoms with Gasteiger partial charge in [0, 0.05) is 43.6 Å². The molecule has 3 aromatic rings. The number of anilines is 1. The molecular formula is C27H36N6O6S. The summed E-state index contributed by atoms with van der Waals surface area (Å²) in [5, 5.41) is 28.3. The van der Waals surface area contributed by atoms with Crippen molar-refractivity contribution in [1.82, 2.24) is 24.6 Å². The number of rotatable bonds is 9. The van der Waals surface area contributed by atoms with Gasteiger partial charge in [-0.1, -0.05) is 6.07 Å². The number of benzene rings is 1. The molecule has 2 aliphatic rings. The maximum atomic E-state index is 12.9. The minimum atomic E-state index is -3.32. The van der Waals surface area contributed by atoms with E-state index >= 15 is 0 Å². The number of nitrogens with zero attached hydrogens (tertiary/aromatic N) is 5. The topological polar surface area (TPSA) is 160 Å². The van der Waals surface area contributed by atoms with Crippen molar-refractivity contribution in [3.63, 3.8) is 0 Å². The molecule has 1 atom stereocenters. The zero-order valence-corrected chi connectivity index (χ0v) is 23.3. The number of carbonyl (C=O) groups is 1. The van der Waals surface area contributed by atoms with Gasteiger partial charge in [-0.15, -0.1) is 0 Å². The van der Waals surface area contributed by atoms with Gasteiger partial charge in [0.05, 0.1) is 29.0 Å². The normalized spacial score (nSPS) is 21.3. The predicted molar refractivity (Wildman–Crippen MR) is 149 cm³/mol. The molecule has 13 heteroatoms. The van der Waals surface area contributed by atoms with Crippen LogP contribution in [0.1, 0.15) is 38.5 Å². The summed E-state index contributed by atoms with van der Waals surface area (Å²) in [5.74, 6) is 1.40. The number of amides is 1. The summed E-state index contributed by atoms with van der Waals surface area (Å²) in [5.41, 5.74) is 0.740. The van der Waals surface area contributed by atoms with Gasteiger partial charge in [-0.2, -0.15) is 10.1 Å². The lowest BCUT2D eigenvalue weighted by Gasteiger charge is -2.35. The van der Waals surface area contributed by atoms with Gasteiger partial charge in [0.25, 0.3) is 0 Å². The zero-order valence-electron chi connectivity index (χ0n) is 22.5. The fourth-order valence-electron chi connectivity index (χ4n) is 5.46. The Hall–Kier alpha value is -3.29. The summed E-state index contributed by atoms with van der Waals surface area (Å²) in [6.07, 6.45) is 7.57. The maximum absolute atomic E-state index is 12.9. The Labute approximate surface area is 233 Å². The molecule has 216 valence electrons. The molecule has 3 N–H and O–H groups in total. The molecule has 1 amide bonds. The molecule has 0 radical (unpaired) electrons. The second-order valence-electron chi connectivity index (χ2n) is 10.8. The molecule has 2 fully saturated rings. The largest absolute Gasteiger partial charge is 0.490 e. The van der Waals surface area contributed by atoms with Crippen molar-refractivity contribution in [3.8, 4) is 11.6 Å². The standard InChI is InChI=1S/C27H36N6O6S/c1-40(37,38)17-21(35)16-39-24-4-2-3-23-22(24)15-29-33(23)25-9-12-28-27(31-25)30-19-7-5-18(6-8-19)26(36)32-13-10-20(34)11-14-32/h2-4,9,12,15,18-21,34-35H,5-8,10-11,13-14,16-17H2,1H3,(H,28,30,31)/t18?,19?,21-/m1/s1. The average molecular weight is 573 g/mol. The van der Waals surface area contributed by atoms with Gasteiger partial charge in [0.1, 0.15) is 28.3 Å². The van der Waals surface area contributed by atoms with E-state index in [9.17, 15) is 23.4 Å². The van der Waals surface area contributed by atoms with E-state index in [2.05, 4.69) is 20.4 Å². The molecule has 0 unspecified atom stereocenters. The molecule has 0 bridgehead atoms. The number of nitrogens with one attached hydrogen (secondary N) is 1. The summed E-state index contributed by atoms with van der Waals surface area (Å²) >= 11 is 0. The first-order chi connectivity index (χ1) is 19.2. The zero-order chi connectivity index (χ0) is 28.3. The van der Waals surface area contributed by atoms with E-state index in [4.69, 9.17) is 4.74 Å². The van der Waals surface area contributed by atoms with Crippen LogP contribution in [-0.4, -0.2) is 99.1 Å². The van der Waals surface area contributed by atoms with E-state index in [-0.39, 0.29) is 36.3 Å². The number of hydrogen-bond donors (Lipinski definition) is 3. The fourth-order valence-corrected chi connectivity index (χ4v) is 6.26. The molecule has 12 nitrogen and oxygen atoms in total. The number of sulfone groups is 1. The highest BCUT2D eigenvalue weighted by Crippen LogP contribution is 2.30. The van der Waals surface area contributed by atoms with Crippen molar-refractivity contribution in [1.29, 1.82) is 0 Å². The first kappa shape index (κ1) is 28.2. The predicted octanol–water partition coefficient (Wildman–Crippen LogP) is 1.55. The second kappa shape index (κ2) is 12.1. The Morgan fingerprint density at radius 3 is 2.62 bits per heavy atom. The molecule has 0 spiro atoms. The van der Waals surface area contributed by atoms with Crippen molar-refractivity contribution < 1.29 is 28.2 Å². The van der Waals surface area contributed by atoms with Crippen molar-refractivity contribution >= 4 is 32.6 Å². The van der Waals surface area contributed by atoms with Crippen molar-refractivity contribution in [3.05, 3.63) is 36.7 Å². The van der Waals surface area contributed by atoms with Crippen LogP contribution >= 0.6 is 0 Å². The van der Waals surface area contributed by atoms with Crippen LogP contribution in [0.2, 0.25) is 0 Å². The van der Waals surface area contributed by atoms with Crippen LogP contribution < -0.4 is 10.1 Å². The average Bonchev–Trinajstić information content (AvgIpc) is 3.37. The molecule has 40 heavy (non-hydrogen) atoms. The lowest BCUT2D eigenvalue weighted by Crippen LogP contribution is -2.44. The van der Waals surface area contributed by atoms with Crippen LogP contribution in [0.5, 0.6) is 5.75 Å². The minimum Gasteiger partial charge on any atom is -0.490 e. The summed E-state index contributed by atoms with van der Waals surface area (Å²) in [7, 11) is -3.32. The summed E-state index contributed by atoms with van der Waals surface area (Å²) in [6, 6.07) is 7.33. The van der Waals surface area contributed by atoms with E-state index in [0.717, 1.165) is 37.5 Å². The van der Waals surface area contributed by atoms with Crippen LogP contribution in [0.4, 0.5) is 5.95 Å². The fraction of sp³-hybridized carbons (Fsp3) is 0.556. The second-order valence-corrected chi connectivity index (χ2v) is 13.0. The maximum Gasteiger partial charge on any atom is 0.225 e. The van der Waals surface area contributed by atoms with Crippen molar-refractivity contribution in [2.45, 2.75) is 56.8 Å². The lowest BCUT2D eigenvalue weighted by atomic mass is 9.85. The van der Waals surface area contributed by atoms with Gasteiger partial charge < -0.3 is 25.2 Å². The molecule has 1 aliphatic heterocycles. The summed E-state index contributed by atoms with van der Waals surface area (Å²) in [4.78, 5) is 23.9. The Morgan fingerprint density at radius 1 is 1.15 bits per heavy atom. The third-order valence-corrected chi connectivity index (χ3v) is 8.53. The summed E-state index contributed by atoms with van der Waals surface area (Å²) in [6.45, 7) is 1.12. The smallest absolute Gasteiger partial charge is 0.225 e. The number of fused-ring (bicyclic) bond motifs is 1. The Bertz CT molecular complexity index is 1430. The van der Waals surface area contributed by atoms with Gasteiger partial charge in [-0.25, -0.2) is 18.1 Å². The molecular weight excluding hydrogens is 536 g/mol. The highest BCUT2D eigenvalue weighted by atomic mass is 32.2. The van der Waals surface area contributed by atoms with Crippen LogP contribution in [0, 0.1) is 5.92 Å². The highest BCUT2D eigenvalue weighted by molar-refractivity contribution is 7.90. The number of aliphatic hydroxyl groups excluding tert-OH is 2. The SMILES string of the molecule is CS(=O)(=O)C[C@H](O)COc1cccc2c1cnn2-c1ccnc(NC2CCC(C(=O)N3CCC(O)CC3)CC2)n1. The quantitative estimate of drug-likeness (QED) is 0.343. The molecule has 1 aromatic carbocycles. The van der Waals surface area contributed by atoms with Crippen LogP contribution in [0.25, 0.3) is 16.7 Å². The molecule has 1 saturated carbocycles. The van der Waals surface area contributed by atoms with Crippen molar-refractivity contribution in [2.75, 3.05) is 37.0 Å². The first-order valence-corrected chi connectivity index (χ1v) is 15.7.